The van der Waals surface area contributed by atoms with E-state index in [0.717, 1.165) is 18.8 Å². The molecule has 18 heavy (non-hydrogen) atoms. The van der Waals surface area contributed by atoms with Gasteiger partial charge in [0.15, 0.2) is 0 Å². The summed E-state index contributed by atoms with van der Waals surface area (Å²) < 4.78 is 2.10. The topological polar surface area (TPSA) is 50.2 Å². The normalized spacial score (nSPS) is 16.4. The molecule has 5 heteroatoms. The summed E-state index contributed by atoms with van der Waals surface area (Å²) in [6.45, 7) is 3.72. The van der Waals surface area contributed by atoms with Crippen LogP contribution in [0.2, 0.25) is 0 Å². The van der Waals surface area contributed by atoms with Crippen molar-refractivity contribution in [1.82, 2.24) is 19.8 Å². The Bertz CT molecular complexity index is 401. The van der Waals surface area contributed by atoms with Crippen LogP contribution in [0.3, 0.4) is 0 Å². The van der Waals surface area contributed by atoms with Gasteiger partial charge in [0.1, 0.15) is 11.5 Å². The molecule has 0 spiro atoms. The average molecular weight is 250 g/mol. The van der Waals surface area contributed by atoms with Gasteiger partial charge in [-0.2, -0.15) is 0 Å². The second kappa shape index (κ2) is 5.52. The highest BCUT2D eigenvalue weighted by molar-refractivity contribution is 5.92. The Labute approximate surface area is 108 Å². The maximum Gasteiger partial charge on any atom is 0.271 e. The molecule has 1 aliphatic heterocycles. The van der Waals surface area contributed by atoms with Crippen LogP contribution in [0, 0.1) is 0 Å². The summed E-state index contributed by atoms with van der Waals surface area (Å²) in [5.74, 6) is 0.984. The Balaban J connectivity index is 1.95. The number of nitrogens with zero attached hydrogens (tertiary/aromatic N) is 3. The fourth-order valence-electron chi connectivity index (χ4n) is 2.04. The zero-order valence-corrected chi connectivity index (χ0v) is 11.4. The molecule has 0 saturated carbocycles. The zero-order chi connectivity index (χ0) is 13.1. The summed E-state index contributed by atoms with van der Waals surface area (Å²) in [6, 6.07) is 0.325. The van der Waals surface area contributed by atoms with E-state index in [1.165, 1.54) is 12.8 Å². The Kier molecular flexibility index (Phi) is 4.01. The van der Waals surface area contributed by atoms with Crippen LogP contribution in [-0.2, 0) is 13.0 Å². The molecule has 1 aliphatic rings. The van der Waals surface area contributed by atoms with Crippen molar-refractivity contribution < 1.29 is 4.79 Å². The van der Waals surface area contributed by atoms with Gasteiger partial charge in [0.25, 0.3) is 5.91 Å². The van der Waals surface area contributed by atoms with E-state index < -0.39 is 0 Å². The molecule has 5 nitrogen and oxygen atoms in total. The van der Waals surface area contributed by atoms with Crippen LogP contribution in [0.1, 0.15) is 36.1 Å². The first-order valence-electron chi connectivity index (χ1n) is 6.58. The number of carbonyl (C=O) groups is 1. The fraction of sp³-hybridized carbons (Fsp3) is 0.692. The number of aryl methyl sites for hydroxylation is 2. The average Bonchev–Trinajstić information content (AvgIpc) is 2.79. The first-order chi connectivity index (χ1) is 8.58. The van der Waals surface area contributed by atoms with E-state index in [9.17, 15) is 4.79 Å². The summed E-state index contributed by atoms with van der Waals surface area (Å²) in [6.07, 6.45) is 5.23. The summed E-state index contributed by atoms with van der Waals surface area (Å²) in [5, 5.41) is 2.93. The van der Waals surface area contributed by atoms with E-state index in [2.05, 4.69) is 26.7 Å². The molecule has 100 valence electrons. The van der Waals surface area contributed by atoms with Gasteiger partial charge >= 0.3 is 0 Å². The predicted molar refractivity (Wildman–Crippen MR) is 70.6 cm³/mol. The van der Waals surface area contributed by atoms with Crippen molar-refractivity contribution in [3.05, 3.63) is 17.7 Å². The molecule has 0 bridgehead atoms. The Morgan fingerprint density at radius 2 is 2.33 bits per heavy atom. The molecule has 2 heterocycles. The number of amides is 1. The number of rotatable bonds is 4. The molecule has 1 aromatic rings. The minimum absolute atomic E-state index is 0.0643. The van der Waals surface area contributed by atoms with E-state index in [0.29, 0.717) is 18.3 Å². The van der Waals surface area contributed by atoms with Gasteiger partial charge < -0.3 is 14.8 Å². The zero-order valence-electron chi connectivity index (χ0n) is 11.4. The monoisotopic (exact) mass is 250 g/mol. The van der Waals surface area contributed by atoms with Crippen LogP contribution < -0.4 is 5.32 Å². The number of hydrogen-bond donors (Lipinski definition) is 1. The fourth-order valence-corrected chi connectivity index (χ4v) is 2.04. The number of imidazole rings is 1. The summed E-state index contributed by atoms with van der Waals surface area (Å²) in [5.41, 5.74) is 0.554. The van der Waals surface area contributed by atoms with Gasteiger partial charge in [0, 0.05) is 31.7 Å². The quantitative estimate of drug-likeness (QED) is 0.864. The lowest BCUT2D eigenvalue weighted by atomic mass is 10.2. The lowest BCUT2D eigenvalue weighted by Crippen LogP contribution is -2.38. The molecule has 0 aromatic carbocycles. The van der Waals surface area contributed by atoms with Gasteiger partial charge in [0.05, 0.1) is 0 Å². The SMILES string of the molecule is CC(CNC(=O)c1cn2c(n1)CCCC2)N(C)C. The van der Waals surface area contributed by atoms with Gasteiger partial charge in [-0.3, -0.25) is 4.79 Å². The second-order valence-corrected chi connectivity index (χ2v) is 5.22. The lowest BCUT2D eigenvalue weighted by molar-refractivity contribution is 0.0939. The van der Waals surface area contributed by atoms with E-state index in [1.54, 1.807) is 0 Å². The highest BCUT2D eigenvalue weighted by Crippen LogP contribution is 2.14. The van der Waals surface area contributed by atoms with Gasteiger partial charge in [0.2, 0.25) is 0 Å². The maximum absolute atomic E-state index is 12.0. The van der Waals surface area contributed by atoms with Crippen molar-refractivity contribution >= 4 is 5.91 Å². The third-order valence-corrected chi connectivity index (χ3v) is 3.58. The number of aromatic nitrogens is 2. The van der Waals surface area contributed by atoms with Crippen LogP contribution in [0.25, 0.3) is 0 Å². The number of likely N-dealkylation sites (N-methyl/N-ethyl adjacent to an activating group) is 1. The molecule has 1 aromatic heterocycles. The molecule has 1 unspecified atom stereocenters. The predicted octanol–water partition coefficient (Wildman–Crippen LogP) is 0.899. The summed E-state index contributed by atoms with van der Waals surface area (Å²) in [7, 11) is 4.01. The van der Waals surface area contributed by atoms with Crippen molar-refractivity contribution in [3.8, 4) is 0 Å². The largest absolute Gasteiger partial charge is 0.349 e. The first-order valence-corrected chi connectivity index (χ1v) is 6.58. The standard InChI is InChI=1S/C13H22N4O/c1-10(16(2)3)8-14-13(18)11-9-17-7-5-4-6-12(17)15-11/h9-10H,4-8H2,1-3H3,(H,14,18). The number of nitrogens with one attached hydrogen (secondary N) is 1. The first kappa shape index (κ1) is 13.1. The van der Waals surface area contributed by atoms with Crippen molar-refractivity contribution in [1.29, 1.82) is 0 Å². The van der Waals surface area contributed by atoms with Crippen LogP contribution in [-0.4, -0.2) is 47.0 Å². The van der Waals surface area contributed by atoms with Crippen LogP contribution in [0.15, 0.2) is 6.20 Å². The van der Waals surface area contributed by atoms with Crippen LogP contribution in [0.5, 0.6) is 0 Å². The van der Waals surface area contributed by atoms with Crippen molar-refractivity contribution in [3.63, 3.8) is 0 Å². The molecule has 0 aliphatic carbocycles. The highest BCUT2D eigenvalue weighted by Gasteiger charge is 2.17. The number of carbonyl (C=O) groups excluding carboxylic acids is 1. The van der Waals surface area contributed by atoms with Crippen LogP contribution >= 0.6 is 0 Å². The Morgan fingerprint density at radius 1 is 1.56 bits per heavy atom. The molecule has 0 saturated heterocycles. The van der Waals surface area contributed by atoms with E-state index in [4.69, 9.17) is 0 Å². The summed E-state index contributed by atoms with van der Waals surface area (Å²) in [4.78, 5) is 18.5. The minimum Gasteiger partial charge on any atom is -0.349 e. The van der Waals surface area contributed by atoms with Crippen LogP contribution in [0.4, 0.5) is 0 Å². The molecular weight excluding hydrogens is 228 g/mol. The third-order valence-electron chi connectivity index (χ3n) is 3.58. The molecular formula is C13H22N4O. The smallest absolute Gasteiger partial charge is 0.271 e. The number of fused-ring (bicyclic) bond motifs is 1. The van der Waals surface area contributed by atoms with Gasteiger partial charge in [-0.05, 0) is 33.9 Å². The molecule has 1 N–H and O–H groups in total. The summed E-state index contributed by atoms with van der Waals surface area (Å²) >= 11 is 0. The van der Waals surface area contributed by atoms with Gasteiger partial charge in [-0.15, -0.1) is 0 Å². The van der Waals surface area contributed by atoms with Gasteiger partial charge in [-0.25, -0.2) is 4.98 Å². The Morgan fingerprint density at radius 3 is 3.00 bits per heavy atom. The second-order valence-electron chi connectivity index (χ2n) is 5.22. The molecule has 1 atom stereocenters. The lowest BCUT2D eigenvalue weighted by Gasteiger charge is -2.19. The van der Waals surface area contributed by atoms with E-state index in [-0.39, 0.29) is 5.91 Å². The minimum atomic E-state index is -0.0643. The maximum atomic E-state index is 12.0. The highest BCUT2D eigenvalue weighted by atomic mass is 16.1. The molecule has 2 rings (SSSR count). The van der Waals surface area contributed by atoms with E-state index >= 15 is 0 Å². The number of hydrogen-bond acceptors (Lipinski definition) is 3. The van der Waals surface area contributed by atoms with Crippen molar-refractivity contribution in [2.75, 3.05) is 20.6 Å². The van der Waals surface area contributed by atoms with Crippen molar-refractivity contribution in [2.45, 2.75) is 38.8 Å². The van der Waals surface area contributed by atoms with Gasteiger partial charge in [-0.1, -0.05) is 0 Å². The third kappa shape index (κ3) is 2.90. The van der Waals surface area contributed by atoms with E-state index in [1.807, 2.05) is 20.3 Å². The Hall–Kier alpha value is -1.36. The molecule has 0 radical (unpaired) electrons. The molecule has 0 fully saturated rings. The van der Waals surface area contributed by atoms with Crippen molar-refractivity contribution in [2.24, 2.45) is 0 Å². The molecule has 1 amide bonds.